The second-order valence-electron chi connectivity index (χ2n) is 4.66. The van der Waals surface area contributed by atoms with Gasteiger partial charge in [-0.3, -0.25) is 0 Å². The predicted octanol–water partition coefficient (Wildman–Crippen LogP) is 5.07. The van der Waals surface area contributed by atoms with Crippen LogP contribution >= 0.6 is 15.9 Å². The number of unbranched alkanes of at least 4 members (excludes halogenated alkanes) is 1. The molecule has 0 aliphatic rings. The van der Waals surface area contributed by atoms with Gasteiger partial charge in [0.2, 0.25) is 0 Å². The Balaban J connectivity index is 2.58. The van der Waals surface area contributed by atoms with E-state index in [1.165, 1.54) is 35.7 Å². The number of benzene rings is 1. The van der Waals surface area contributed by atoms with Crippen LogP contribution in [0.3, 0.4) is 0 Å². The van der Waals surface area contributed by atoms with Gasteiger partial charge >= 0.3 is 0 Å². The van der Waals surface area contributed by atoms with E-state index in [0.717, 1.165) is 0 Å². The third-order valence-corrected chi connectivity index (χ3v) is 3.98. The summed E-state index contributed by atoms with van der Waals surface area (Å²) in [6, 6.07) is 9.51. The van der Waals surface area contributed by atoms with Crippen molar-refractivity contribution in [2.45, 2.75) is 58.5 Å². The third-order valence-electron chi connectivity index (χ3n) is 3.26. The molecule has 0 amide bonds. The van der Waals surface area contributed by atoms with E-state index in [1.54, 1.807) is 0 Å². The van der Waals surface area contributed by atoms with Gasteiger partial charge in [-0.05, 0) is 31.4 Å². The lowest BCUT2D eigenvalue weighted by molar-refractivity contribution is 0.409. The van der Waals surface area contributed by atoms with Crippen LogP contribution in [-0.4, -0.2) is 6.04 Å². The fourth-order valence-electron chi connectivity index (χ4n) is 2.13. The molecule has 1 N–H and O–H groups in total. The zero-order valence-electron chi connectivity index (χ0n) is 11.2. The Labute approximate surface area is 114 Å². The molecular weight excluding hydrogens is 274 g/mol. The maximum atomic E-state index is 3.73. The van der Waals surface area contributed by atoms with Crippen molar-refractivity contribution < 1.29 is 0 Å². The first-order chi connectivity index (χ1) is 8.19. The van der Waals surface area contributed by atoms with E-state index in [-0.39, 0.29) is 0 Å². The third kappa shape index (κ3) is 4.81. The van der Waals surface area contributed by atoms with Gasteiger partial charge in [0.15, 0.2) is 0 Å². The summed E-state index contributed by atoms with van der Waals surface area (Å²) in [4.78, 5) is 0. The quantitative estimate of drug-likeness (QED) is 0.741. The highest BCUT2D eigenvalue weighted by Crippen LogP contribution is 2.23. The average molecular weight is 298 g/mol. The van der Waals surface area contributed by atoms with Crippen molar-refractivity contribution in [3.8, 4) is 0 Å². The Kier molecular flexibility index (Phi) is 6.83. The summed E-state index contributed by atoms with van der Waals surface area (Å²) < 4.78 is 1.20. The van der Waals surface area contributed by atoms with Crippen LogP contribution in [0.5, 0.6) is 0 Å². The van der Waals surface area contributed by atoms with Crippen molar-refractivity contribution in [2.75, 3.05) is 0 Å². The summed E-state index contributed by atoms with van der Waals surface area (Å²) in [6.45, 7) is 6.76. The van der Waals surface area contributed by atoms with Crippen LogP contribution in [0.25, 0.3) is 0 Å². The monoisotopic (exact) mass is 297 g/mol. The molecule has 1 aromatic rings. The van der Waals surface area contributed by atoms with Gasteiger partial charge in [-0.15, -0.1) is 0 Å². The molecule has 0 saturated heterocycles. The van der Waals surface area contributed by atoms with Crippen molar-refractivity contribution >= 4 is 15.9 Å². The summed E-state index contributed by atoms with van der Waals surface area (Å²) in [5, 5.41) is 3.73. The van der Waals surface area contributed by atoms with Gasteiger partial charge in [0, 0.05) is 16.6 Å². The first kappa shape index (κ1) is 14.7. The van der Waals surface area contributed by atoms with Crippen molar-refractivity contribution in [1.82, 2.24) is 5.32 Å². The minimum atomic E-state index is 0.410. The second kappa shape index (κ2) is 7.88. The molecule has 1 unspecified atom stereocenters. The maximum absolute atomic E-state index is 3.73. The number of halogens is 1. The largest absolute Gasteiger partial charge is 0.307 e. The molecule has 0 spiro atoms. The number of hydrogen-bond acceptors (Lipinski definition) is 1. The Bertz CT molecular complexity index is 324. The molecule has 0 aliphatic carbocycles. The van der Waals surface area contributed by atoms with Crippen LogP contribution in [0.1, 0.15) is 58.1 Å². The smallest absolute Gasteiger partial charge is 0.0305 e. The lowest BCUT2D eigenvalue weighted by Gasteiger charge is -2.23. The van der Waals surface area contributed by atoms with Crippen molar-refractivity contribution in [1.29, 1.82) is 0 Å². The number of hydrogen-bond donors (Lipinski definition) is 1. The van der Waals surface area contributed by atoms with Crippen LogP contribution in [0, 0.1) is 0 Å². The van der Waals surface area contributed by atoms with Crippen LogP contribution in [0.15, 0.2) is 28.7 Å². The van der Waals surface area contributed by atoms with Crippen LogP contribution in [-0.2, 0) is 0 Å². The van der Waals surface area contributed by atoms with E-state index in [2.05, 4.69) is 66.3 Å². The topological polar surface area (TPSA) is 12.0 Å². The van der Waals surface area contributed by atoms with Crippen LogP contribution in [0.4, 0.5) is 0 Å². The Morgan fingerprint density at radius 1 is 1.24 bits per heavy atom. The molecule has 1 nitrogen and oxygen atoms in total. The van der Waals surface area contributed by atoms with E-state index in [1.807, 2.05) is 0 Å². The summed E-state index contributed by atoms with van der Waals surface area (Å²) >= 11 is 3.62. The summed E-state index contributed by atoms with van der Waals surface area (Å²) in [5.74, 6) is 0. The molecule has 96 valence electrons. The zero-order chi connectivity index (χ0) is 12.7. The van der Waals surface area contributed by atoms with Crippen LogP contribution < -0.4 is 5.32 Å². The minimum absolute atomic E-state index is 0.410. The maximum Gasteiger partial charge on any atom is 0.0305 e. The SMILES string of the molecule is CCCCC(CC)N[C@@H](C)c1ccccc1Br. The van der Waals surface area contributed by atoms with Gasteiger partial charge in [-0.2, -0.15) is 0 Å². The molecule has 0 saturated carbocycles. The molecule has 17 heavy (non-hydrogen) atoms. The van der Waals surface area contributed by atoms with Crippen LogP contribution in [0.2, 0.25) is 0 Å². The molecule has 0 fully saturated rings. The lowest BCUT2D eigenvalue weighted by Crippen LogP contribution is -2.31. The Morgan fingerprint density at radius 2 is 1.94 bits per heavy atom. The molecule has 1 aromatic carbocycles. The molecule has 0 heterocycles. The molecule has 0 aliphatic heterocycles. The van der Waals surface area contributed by atoms with E-state index >= 15 is 0 Å². The summed E-state index contributed by atoms with van der Waals surface area (Å²) in [7, 11) is 0. The highest BCUT2D eigenvalue weighted by Gasteiger charge is 2.13. The second-order valence-corrected chi connectivity index (χ2v) is 5.51. The molecule has 0 aromatic heterocycles. The predicted molar refractivity (Wildman–Crippen MR) is 79.3 cm³/mol. The molecule has 1 rings (SSSR count). The molecule has 0 radical (unpaired) electrons. The minimum Gasteiger partial charge on any atom is -0.307 e. The fourth-order valence-corrected chi connectivity index (χ4v) is 2.75. The molecule has 2 atom stereocenters. The average Bonchev–Trinajstić information content (AvgIpc) is 2.34. The lowest BCUT2D eigenvalue weighted by atomic mass is 10.0. The summed E-state index contributed by atoms with van der Waals surface area (Å²) in [6.07, 6.45) is 5.08. The van der Waals surface area contributed by atoms with Crippen molar-refractivity contribution in [3.05, 3.63) is 34.3 Å². The van der Waals surface area contributed by atoms with Gasteiger partial charge in [-0.1, -0.05) is 60.8 Å². The normalized spacial score (nSPS) is 14.6. The van der Waals surface area contributed by atoms with E-state index in [9.17, 15) is 0 Å². The molecule has 0 bridgehead atoms. The first-order valence-corrected chi connectivity index (χ1v) is 7.48. The number of rotatable bonds is 7. The van der Waals surface area contributed by atoms with E-state index in [4.69, 9.17) is 0 Å². The molecular formula is C15H24BrN. The standard InChI is InChI=1S/C15H24BrN/c1-4-6-9-13(5-2)17-12(3)14-10-7-8-11-15(14)16/h7-8,10-13,17H,4-6,9H2,1-3H3/t12-,13?/m0/s1. The zero-order valence-corrected chi connectivity index (χ0v) is 12.8. The van der Waals surface area contributed by atoms with Gasteiger partial charge in [-0.25, -0.2) is 0 Å². The number of nitrogens with one attached hydrogen (secondary N) is 1. The van der Waals surface area contributed by atoms with Crippen molar-refractivity contribution in [3.63, 3.8) is 0 Å². The van der Waals surface area contributed by atoms with Gasteiger partial charge in [0.25, 0.3) is 0 Å². The fraction of sp³-hybridized carbons (Fsp3) is 0.600. The van der Waals surface area contributed by atoms with Gasteiger partial charge in [0.1, 0.15) is 0 Å². The van der Waals surface area contributed by atoms with Crippen molar-refractivity contribution in [2.24, 2.45) is 0 Å². The van der Waals surface area contributed by atoms with Gasteiger partial charge < -0.3 is 5.32 Å². The first-order valence-electron chi connectivity index (χ1n) is 6.69. The Hall–Kier alpha value is -0.340. The van der Waals surface area contributed by atoms with E-state index < -0.39 is 0 Å². The van der Waals surface area contributed by atoms with Gasteiger partial charge in [0.05, 0.1) is 0 Å². The van der Waals surface area contributed by atoms with E-state index in [0.29, 0.717) is 12.1 Å². The summed E-state index contributed by atoms with van der Waals surface area (Å²) in [5.41, 5.74) is 1.35. The highest BCUT2D eigenvalue weighted by atomic mass is 79.9. The molecule has 2 heteroatoms. The Morgan fingerprint density at radius 3 is 2.53 bits per heavy atom. The highest BCUT2D eigenvalue weighted by molar-refractivity contribution is 9.10.